The van der Waals surface area contributed by atoms with Gasteiger partial charge in [0, 0.05) is 29.2 Å². The zero-order valence-electron chi connectivity index (χ0n) is 20.4. The fraction of sp³-hybridized carbons (Fsp3) is 0.462. The van der Waals surface area contributed by atoms with Crippen molar-refractivity contribution in [3.63, 3.8) is 0 Å². The number of aryl methyl sites for hydroxylation is 4. The summed E-state index contributed by atoms with van der Waals surface area (Å²) in [6, 6.07) is 10.8. The maximum atomic E-state index is 13.0. The van der Waals surface area contributed by atoms with Gasteiger partial charge in [0.05, 0.1) is 18.2 Å². The largest absolute Gasteiger partial charge is 0.354 e. The van der Waals surface area contributed by atoms with Crippen LogP contribution < -0.4 is 5.32 Å². The Kier molecular flexibility index (Phi) is 6.88. The molecule has 1 aromatic carbocycles. The highest BCUT2D eigenvalue weighted by molar-refractivity contribution is 5.79. The normalized spacial score (nSPS) is 15.1. The van der Waals surface area contributed by atoms with Gasteiger partial charge in [-0.2, -0.15) is 5.10 Å². The molecule has 0 spiro atoms. The number of likely N-dealkylation sites (tertiary alicyclic amines) is 1. The van der Waals surface area contributed by atoms with Crippen LogP contribution in [0.15, 0.2) is 30.3 Å². The van der Waals surface area contributed by atoms with Gasteiger partial charge in [-0.05, 0) is 72.2 Å². The number of nitrogens with zero attached hydrogens (tertiary/aromatic N) is 5. The Balaban J connectivity index is 1.47. The van der Waals surface area contributed by atoms with Crippen molar-refractivity contribution in [3.8, 4) is 5.95 Å². The molecule has 3 aromatic rings. The highest BCUT2D eigenvalue weighted by atomic mass is 16.1. The number of benzene rings is 1. The van der Waals surface area contributed by atoms with E-state index in [2.05, 4.69) is 56.5 Å². The number of nitrogens with one attached hydrogen (secondary N) is 1. The highest BCUT2D eigenvalue weighted by Crippen LogP contribution is 2.25. The van der Waals surface area contributed by atoms with E-state index in [1.807, 2.05) is 33.8 Å². The van der Waals surface area contributed by atoms with Crippen molar-refractivity contribution < 1.29 is 4.79 Å². The zero-order chi connectivity index (χ0) is 23.5. The van der Waals surface area contributed by atoms with Gasteiger partial charge in [-0.1, -0.05) is 29.8 Å². The van der Waals surface area contributed by atoms with Gasteiger partial charge >= 0.3 is 0 Å². The van der Waals surface area contributed by atoms with Crippen LogP contribution >= 0.6 is 0 Å². The van der Waals surface area contributed by atoms with Gasteiger partial charge < -0.3 is 5.32 Å². The van der Waals surface area contributed by atoms with Gasteiger partial charge in [0.1, 0.15) is 0 Å². The standard InChI is InChI=1S/C26H34N6O/c1-17-8-10-22(11-9-17)24(31-12-6-7-13-31)16-27-25(33)15-23-20(4)30-32(21(23)5)26-28-18(2)14-19(3)29-26/h8-11,14,24H,6-7,12-13,15-16H2,1-5H3,(H,27,33). The lowest BCUT2D eigenvalue weighted by Gasteiger charge is -2.28. The molecule has 0 bridgehead atoms. The molecule has 2 aromatic heterocycles. The SMILES string of the molecule is Cc1ccc(C(CNC(=O)Cc2c(C)nn(-c3nc(C)cc(C)n3)c2C)N2CCCC2)cc1. The van der Waals surface area contributed by atoms with Crippen LogP contribution in [-0.2, 0) is 11.2 Å². The number of hydrogen-bond acceptors (Lipinski definition) is 5. The first-order chi connectivity index (χ1) is 15.8. The summed E-state index contributed by atoms with van der Waals surface area (Å²) >= 11 is 0. The first-order valence-corrected chi connectivity index (χ1v) is 11.8. The van der Waals surface area contributed by atoms with Gasteiger partial charge in [-0.3, -0.25) is 9.69 Å². The highest BCUT2D eigenvalue weighted by Gasteiger charge is 2.24. The van der Waals surface area contributed by atoms with Gasteiger partial charge in [0.15, 0.2) is 0 Å². The minimum Gasteiger partial charge on any atom is -0.354 e. The van der Waals surface area contributed by atoms with Crippen LogP contribution in [0.2, 0.25) is 0 Å². The summed E-state index contributed by atoms with van der Waals surface area (Å²) in [5, 5.41) is 7.83. The average molecular weight is 447 g/mol. The molecule has 1 saturated heterocycles. The lowest BCUT2D eigenvalue weighted by molar-refractivity contribution is -0.120. The number of carbonyl (C=O) groups excluding carboxylic acids is 1. The summed E-state index contributed by atoms with van der Waals surface area (Å²) in [4.78, 5) is 24.5. The van der Waals surface area contributed by atoms with Gasteiger partial charge in [0.25, 0.3) is 5.95 Å². The number of aromatic nitrogens is 4. The van der Waals surface area contributed by atoms with E-state index in [9.17, 15) is 4.79 Å². The van der Waals surface area contributed by atoms with Crippen molar-refractivity contribution in [2.45, 2.75) is 59.9 Å². The van der Waals surface area contributed by atoms with Gasteiger partial charge in [-0.15, -0.1) is 0 Å². The molecule has 3 heterocycles. The maximum absolute atomic E-state index is 13.0. The molecule has 174 valence electrons. The van der Waals surface area contributed by atoms with E-state index in [1.165, 1.54) is 24.0 Å². The third-order valence-corrected chi connectivity index (χ3v) is 6.47. The van der Waals surface area contributed by atoms with Crippen molar-refractivity contribution in [1.82, 2.24) is 30.0 Å². The molecule has 4 rings (SSSR count). The van der Waals surface area contributed by atoms with Crippen LogP contribution in [0.25, 0.3) is 5.95 Å². The van der Waals surface area contributed by atoms with Crippen LogP contribution in [0, 0.1) is 34.6 Å². The van der Waals surface area contributed by atoms with Crippen molar-refractivity contribution in [1.29, 1.82) is 0 Å². The lowest BCUT2D eigenvalue weighted by Crippen LogP contribution is -2.37. The second-order valence-electron chi connectivity index (χ2n) is 9.16. The molecule has 1 unspecified atom stereocenters. The third-order valence-electron chi connectivity index (χ3n) is 6.47. The minimum absolute atomic E-state index is 0.0124. The first-order valence-electron chi connectivity index (χ1n) is 11.8. The first kappa shape index (κ1) is 23.1. The molecule has 0 aliphatic carbocycles. The Morgan fingerprint density at radius 3 is 2.27 bits per heavy atom. The van der Waals surface area contributed by atoms with Crippen LogP contribution in [0.4, 0.5) is 0 Å². The third kappa shape index (κ3) is 5.30. The smallest absolute Gasteiger partial charge is 0.251 e. The summed E-state index contributed by atoms with van der Waals surface area (Å²) in [6.07, 6.45) is 2.73. The maximum Gasteiger partial charge on any atom is 0.251 e. The molecule has 7 nitrogen and oxygen atoms in total. The molecule has 1 aliphatic rings. The molecule has 0 radical (unpaired) electrons. The van der Waals surface area contributed by atoms with E-state index in [-0.39, 0.29) is 11.9 Å². The van der Waals surface area contributed by atoms with Crippen molar-refractivity contribution in [2.24, 2.45) is 0 Å². The van der Waals surface area contributed by atoms with E-state index in [0.717, 1.165) is 41.4 Å². The Labute approximate surface area is 196 Å². The molecule has 1 aliphatic heterocycles. The second-order valence-corrected chi connectivity index (χ2v) is 9.16. The quantitative estimate of drug-likeness (QED) is 0.599. The fourth-order valence-electron chi connectivity index (χ4n) is 4.66. The molecule has 7 heteroatoms. The zero-order valence-corrected chi connectivity index (χ0v) is 20.4. The summed E-state index contributed by atoms with van der Waals surface area (Å²) in [5.41, 5.74) is 6.97. The molecular formula is C26H34N6O. The Morgan fingerprint density at radius 2 is 1.64 bits per heavy atom. The topological polar surface area (TPSA) is 75.9 Å². The number of hydrogen-bond donors (Lipinski definition) is 1. The molecule has 1 atom stereocenters. The van der Waals surface area contributed by atoms with Crippen LogP contribution in [-0.4, -0.2) is 50.2 Å². The van der Waals surface area contributed by atoms with Crippen LogP contribution in [0.1, 0.15) is 58.3 Å². The second kappa shape index (κ2) is 9.83. The summed E-state index contributed by atoms with van der Waals surface area (Å²) in [6.45, 7) is 12.7. The van der Waals surface area contributed by atoms with Crippen molar-refractivity contribution in [2.75, 3.05) is 19.6 Å². The predicted octanol–water partition coefficient (Wildman–Crippen LogP) is 3.70. The van der Waals surface area contributed by atoms with E-state index in [0.29, 0.717) is 18.9 Å². The summed E-state index contributed by atoms with van der Waals surface area (Å²) in [7, 11) is 0. The predicted molar refractivity (Wildman–Crippen MR) is 130 cm³/mol. The van der Waals surface area contributed by atoms with Crippen LogP contribution in [0.3, 0.4) is 0 Å². The van der Waals surface area contributed by atoms with E-state index < -0.39 is 0 Å². The van der Waals surface area contributed by atoms with E-state index >= 15 is 0 Å². The number of amides is 1. The number of carbonyl (C=O) groups is 1. The average Bonchev–Trinajstić information content (AvgIpc) is 3.39. The summed E-state index contributed by atoms with van der Waals surface area (Å²) in [5.74, 6) is 0.562. The van der Waals surface area contributed by atoms with E-state index in [4.69, 9.17) is 0 Å². The van der Waals surface area contributed by atoms with Gasteiger partial charge in [-0.25, -0.2) is 14.6 Å². The van der Waals surface area contributed by atoms with Crippen molar-refractivity contribution >= 4 is 5.91 Å². The Hall–Kier alpha value is -3.06. The van der Waals surface area contributed by atoms with Crippen molar-refractivity contribution in [3.05, 3.63) is 69.8 Å². The monoisotopic (exact) mass is 446 g/mol. The minimum atomic E-state index is 0.0124. The van der Waals surface area contributed by atoms with Gasteiger partial charge in [0.2, 0.25) is 5.91 Å². The number of rotatable bonds is 7. The molecule has 0 saturated carbocycles. The summed E-state index contributed by atoms with van der Waals surface area (Å²) < 4.78 is 1.75. The molecule has 1 amide bonds. The molecule has 1 fully saturated rings. The molecular weight excluding hydrogens is 412 g/mol. The lowest BCUT2D eigenvalue weighted by atomic mass is 10.0. The fourth-order valence-corrected chi connectivity index (χ4v) is 4.66. The Bertz CT molecular complexity index is 1110. The molecule has 1 N–H and O–H groups in total. The van der Waals surface area contributed by atoms with E-state index in [1.54, 1.807) is 4.68 Å². The molecule has 33 heavy (non-hydrogen) atoms. The Morgan fingerprint density at radius 1 is 1.00 bits per heavy atom. The van der Waals surface area contributed by atoms with Crippen LogP contribution in [0.5, 0.6) is 0 Å².